The number of hydrogen-bond donors (Lipinski definition) is 3. The molecule has 0 amide bonds. The average molecular weight is 243 g/mol. The molecule has 2 aromatic heterocycles. The molecule has 0 radical (unpaired) electrons. The van der Waals surface area contributed by atoms with Crippen LogP contribution in [0.1, 0.15) is 28.6 Å². The third kappa shape index (κ3) is 2.47. The molecular weight excluding hydrogens is 226 g/mol. The minimum atomic E-state index is -0.253. The predicted octanol–water partition coefficient (Wildman–Crippen LogP) is 1.23. The normalized spacial score (nSPS) is 12.4. The van der Waals surface area contributed by atoms with Crippen LogP contribution in [0.3, 0.4) is 0 Å². The van der Waals surface area contributed by atoms with Crippen LogP contribution < -0.4 is 17.0 Å². The highest BCUT2D eigenvalue weighted by Crippen LogP contribution is 2.24. The summed E-state index contributed by atoms with van der Waals surface area (Å²) in [6.45, 7) is 3.90. The monoisotopic (exact) mass is 243 g/mol. The van der Waals surface area contributed by atoms with Crippen LogP contribution in [0.2, 0.25) is 0 Å². The fourth-order valence-corrected chi connectivity index (χ4v) is 1.89. The van der Waals surface area contributed by atoms with Gasteiger partial charge in [-0.05, 0) is 37.6 Å². The van der Waals surface area contributed by atoms with E-state index in [9.17, 15) is 0 Å². The Bertz CT molecular complexity index is 553. The standard InChI is InChI=1S/C13H17N5/c1-8-6-10(13(14)16-7-8)12(18-15)11-5-3-4-9(2)17-11/h3-7,12,18H,15H2,1-2H3,(H2,14,16). The number of aryl methyl sites for hydroxylation is 2. The quantitative estimate of drug-likeness (QED) is 0.557. The molecule has 2 aromatic rings. The second-order valence-electron chi connectivity index (χ2n) is 4.29. The van der Waals surface area contributed by atoms with E-state index in [0.717, 1.165) is 22.5 Å². The van der Waals surface area contributed by atoms with Crippen LogP contribution in [0.15, 0.2) is 30.5 Å². The van der Waals surface area contributed by atoms with Crippen molar-refractivity contribution >= 4 is 5.82 Å². The van der Waals surface area contributed by atoms with Crippen molar-refractivity contribution in [3.8, 4) is 0 Å². The van der Waals surface area contributed by atoms with E-state index in [1.165, 1.54) is 0 Å². The summed E-state index contributed by atoms with van der Waals surface area (Å²) in [5, 5.41) is 0. The molecule has 0 aliphatic rings. The minimum Gasteiger partial charge on any atom is -0.383 e. The summed E-state index contributed by atoms with van der Waals surface area (Å²) in [4.78, 5) is 8.62. The number of nitrogens with two attached hydrogens (primary N) is 2. The number of nitrogens with one attached hydrogen (secondary N) is 1. The molecule has 5 N–H and O–H groups in total. The number of nitrogen functional groups attached to an aromatic ring is 1. The van der Waals surface area contributed by atoms with E-state index in [0.29, 0.717) is 5.82 Å². The van der Waals surface area contributed by atoms with Gasteiger partial charge in [-0.2, -0.15) is 0 Å². The molecule has 0 saturated carbocycles. The maximum Gasteiger partial charge on any atom is 0.128 e. The number of aromatic nitrogens is 2. The highest BCUT2D eigenvalue weighted by atomic mass is 15.2. The number of hydrazine groups is 1. The lowest BCUT2D eigenvalue weighted by Gasteiger charge is -2.18. The molecule has 1 atom stereocenters. The van der Waals surface area contributed by atoms with Gasteiger partial charge in [0, 0.05) is 17.5 Å². The highest BCUT2D eigenvalue weighted by molar-refractivity contribution is 5.46. The van der Waals surface area contributed by atoms with Crippen molar-refractivity contribution in [2.75, 3.05) is 5.73 Å². The zero-order chi connectivity index (χ0) is 13.1. The molecule has 94 valence electrons. The summed E-state index contributed by atoms with van der Waals surface area (Å²) in [7, 11) is 0. The predicted molar refractivity (Wildman–Crippen MR) is 71.5 cm³/mol. The molecule has 18 heavy (non-hydrogen) atoms. The Kier molecular flexibility index (Phi) is 3.55. The van der Waals surface area contributed by atoms with Gasteiger partial charge in [0.15, 0.2) is 0 Å². The Hall–Kier alpha value is -1.98. The molecule has 5 heteroatoms. The van der Waals surface area contributed by atoms with Crippen LogP contribution in [0.5, 0.6) is 0 Å². The Balaban J connectivity index is 2.48. The van der Waals surface area contributed by atoms with E-state index in [2.05, 4.69) is 15.4 Å². The molecule has 1 unspecified atom stereocenters. The third-order valence-electron chi connectivity index (χ3n) is 2.77. The van der Waals surface area contributed by atoms with Gasteiger partial charge < -0.3 is 5.73 Å². The first-order chi connectivity index (χ1) is 8.61. The Morgan fingerprint density at radius 3 is 2.72 bits per heavy atom. The molecule has 0 bridgehead atoms. The first kappa shape index (κ1) is 12.5. The topological polar surface area (TPSA) is 89.8 Å². The first-order valence-corrected chi connectivity index (χ1v) is 5.73. The minimum absolute atomic E-state index is 0.253. The van der Waals surface area contributed by atoms with Crippen LogP contribution in [0, 0.1) is 13.8 Å². The van der Waals surface area contributed by atoms with Gasteiger partial charge in [0.1, 0.15) is 5.82 Å². The van der Waals surface area contributed by atoms with Crippen molar-refractivity contribution in [2.24, 2.45) is 5.84 Å². The Morgan fingerprint density at radius 1 is 1.28 bits per heavy atom. The lowest BCUT2D eigenvalue weighted by atomic mass is 10.0. The van der Waals surface area contributed by atoms with E-state index in [-0.39, 0.29) is 6.04 Å². The maximum atomic E-state index is 5.91. The summed E-state index contributed by atoms with van der Waals surface area (Å²) in [5.74, 6) is 6.10. The summed E-state index contributed by atoms with van der Waals surface area (Å²) < 4.78 is 0. The van der Waals surface area contributed by atoms with Gasteiger partial charge in [0.25, 0.3) is 0 Å². The first-order valence-electron chi connectivity index (χ1n) is 5.73. The second kappa shape index (κ2) is 5.12. The lowest BCUT2D eigenvalue weighted by molar-refractivity contribution is 0.618. The van der Waals surface area contributed by atoms with Gasteiger partial charge >= 0.3 is 0 Å². The SMILES string of the molecule is Cc1cnc(N)c(C(NN)c2cccc(C)n2)c1. The molecular formula is C13H17N5. The number of rotatable bonds is 3. The fourth-order valence-electron chi connectivity index (χ4n) is 1.89. The van der Waals surface area contributed by atoms with Gasteiger partial charge in [-0.1, -0.05) is 6.07 Å². The van der Waals surface area contributed by atoms with Crippen LogP contribution >= 0.6 is 0 Å². The highest BCUT2D eigenvalue weighted by Gasteiger charge is 2.17. The average Bonchev–Trinajstić information content (AvgIpc) is 2.35. The summed E-state index contributed by atoms with van der Waals surface area (Å²) in [6.07, 6.45) is 1.73. The van der Waals surface area contributed by atoms with Crippen molar-refractivity contribution in [2.45, 2.75) is 19.9 Å². The van der Waals surface area contributed by atoms with Crippen molar-refractivity contribution in [3.05, 3.63) is 53.0 Å². The van der Waals surface area contributed by atoms with Gasteiger partial charge in [-0.25, -0.2) is 10.4 Å². The number of hydrogen-bond acceptors (Lipinski definition) is 5. The maximum absolute atomic E-state index is 5.91. The van der Waals surface area contributed by atoms with E-state index in [1.54, 1.807) is 6.20 Å². The molecule has 0 aliphatic carbocycles. The molecule has 5 nitrogen and oxygen atoms in total. The van der Waals surface area contributed by atoms with E-state index in [1.807, 2.05) is 38.1 Å². The zero-order valence-corrected chi connectivity index (χ0v) is 10.5. The number of pyridine rings is 2. The van der Waals surface area contributed by atoms with Crippen molar-refractivity contribution < 1.29 is 0 Å². The van der Waals surface area contributed by atoms with Crippen LogP contribution in [-0.2, 0) is 0 Å². The summed E-state index contributed by atoms with van der Waals surface area (Å²) >= 11 is 0. The molecule has 0 aliphatic heterocycles. The molecule has 0 spiro atoms. The van der Waals surface area contributed by atoms with Gasteiger partial charge in [0.05, 0.1) is 11.7 Å². The second-order valence-corrected chi connectivity index (χ2v) is 4.29. The molecule has 2 heterocycles. The third-order valence-corrected chi connectivity index (χ3v) is 2.77. The lowest BCUT2D eigenvalue weighted by Crippen LogP contribution is -2.30. The Labute approximate surface area is 106 Å². The van der Waals surface area contributed by atoms with E-state index < -0.39 is 0 Å². The van der Waals surface area contributed by atoms with Crippen molar-refractivity contribution in [3.63, 3.8) is 0 Å². The smallest absolute Gasteiger partial charge is 0.128 e. The van der Waals surface area contributed by atoms with Crippen LogP contribution in [-0.4, -0.2) is 9.97 Å². The molecule has 0 saturated heterocycles. The van der Waals surface area contributed by atoms with Crippen molar-refractivity contribution in [1.29, 1.82) is 0 Å². The van der Waals surface area contributed by atoms with Gasteiger partial charge in [-0.15, -0.1) is 0 Å². The summed E-state index contributed by atoms with van der Waals surface area (Å²) in [6, 6.07) is 7.52. The summed E-state index contributed by atoms with van der Waals surface area (Å²) in [5.41, 5.74) is 12.3. The molecule has 2 rings (SSSR count). The number of anilines is 1. The van der Waals surface area contributed by atoms with E-state index in [4.69, 9.17) is 11.6 Å². The van der Waals surface area contributed by atoms with E-state index >= 15 is 0 Å². The molecule has 0 fully saturated rings. The van der Waals surface area contributed by atoms with Crippen LogP contribution in [0.25, 0.3) is 0 Å². The zero-order valence-electron chi connectivity index (χ0n) is 10.5. The molecule has 0 aromatic carbocycles. The number of nitrogens with zero attached hydrogens (tertiary/aromatic N) is 2. The fraction of sp³-hybridized carbons (Fsp3) is 0.231. The Morgan fingerprint density at radius 2 is 2.06 bits per heavy atom. The van der Waals surface area contributed by atoms with Gasteiger partial charge in [-0.3, -0.25) is 10.8 Å². The van der Waals surface area contributed by atoms with Crippen LogP contribution in [0.4, 0.5) is 5.82 Å². The largest absolute Gasteiger partial charge is 0.383 e. The van der Waals surface area contributed by atoms with Gasteiger partial charge in [0.2, 0.25) is 0 Å². The van der Waals surface area contributed by atoms with Crippen molar-refractivity contribution in [1.82, 2.24) is 15.4 Å².